The lowest BCUT2D eigenvalue weighted by Gasteiger charge is -2.03. The fourth-order valence-electron chi connectivity index (χ4n) is 0.775. The van der Waals surface area contributed by atoms with Crippen LogP contribution in [0, 0.1) is 0 Å². The molecular formula is C7H10N2O3S. The fraction of sp³-hybridized carbons (Fsp3) is 0.286. The lowest BCUT2D eigenvalue weighted by Crippen LogP contribution is -2.09. The lowest BCUT2D eigenvalue weighted by atomic mass is 10.4. The molecule has 6 heteroatoms. The van der Waals surface area contributed by atoms with Crippen molar-refractivity contribution in [1.82, 2.24) is 4.98 Å². The molecule has 0 aliphatic carbocycles. The number of sulfonamides is 1. The van der Waals surface area contributed by atoms with Crippen molar-refractivity contribution in [3.05, 3.63) is 18.3 Å². The molecule has 0 saturated heterocycles. The van der Waals surface area contributed by atoms with Gasteiger partial charge in [0.05, 0.1) is 25.2 Å². The van der Waals surface area contributed by atoms with Gasteiger partial charge >= 0.3 is 0 Å². The first-order valence-electron chi connectivity index (χ1n) is 3.49. The van der Waals surface area contributed by atoms with Gasteiger partial charge in [-0.15, -0.1) is 0 Å². The van der Waals surface area contributed by atoms with E-state index >= 15 is 0 Å². The Bertz CT molecular complexity index is 371. The van der Waals surface area contributed by atoms with E-state index in [0.717, 1.165) is 6.26 Å². The van der Waals surface area contributed by atoms with Crippen molar-refractivity contribution >= 4 is 15.7 Å². The van der Waals surface area contributed by atoms with Gasteiger partial charge in [0.1, 0.15) is 0 Å². The molecule has 1 aromatic rings. The summed E-state index contributed by atoms with van der Waals surface area (Å²) in [7, 11) is -1.74. The quantitative estimate of drug-likeness (QED) is 0.773. The normalized spacial score (nSPS) is 10.9. The minimum atomic E-state index is -3.23. The lowest BCUT2D eigenvalue weighted by molar-refractivity contribution is 0.398. The van der Waals surface area contributed by atoms with Crippen molar-refractivity contribution in [2.45, 2.75) is 0 Å². The van der Waals surface area contributed by atoms with Gasteiger partial charge in [0.15, 0.2) is 0 Å². The molecule has 0 radical (unpaired) electrons. The molecule has 1 N–H and O–H groups in total. The van der Waals surface area contributed by atoms with Crippen LogP contribution in [0.1, 0.15) is 0 Å². The Hall–Kier alpha value is -1.30. The molecule has 0 amide bonds. The Morgan fingerprint density at radius 1 is 1.46 bits per heavy atom. The second kappa shape index (κ2) is 3.61. The molecule has 72 valence electrons. The van der Waals surface area contributed by atoms with Crippen LogP contribution in [0.2, 0.25) is 0 Å². The van der Waals surface area contributed by atoms with E-state index in [2.05, 4.69) is 9.71 Å². The van der Waals surface area contributed by atoms with E-state index in [9.17, 15) is 8.42 Å². The molecule has 0 fully saturated rings. The molecule has 1 rings (SSSR count). The molecule has 0 spiro atoms. The summed E-state index contributed by atoms with van der Waals surface area (Å²) in [5, 5.41) is 0. The van der Waals surface area contributed by atoms with Gasteiger partial charge < -0.3 is 4.74 Å². The molecule has 5 nitrogen and oxygen atoms in total. The van der Waals surface area contributed by atoms with Crippen LogP contribution in [-0.4, -0.2) is 26.8 Å². The van der Waals surface area contributed by atoms with E-state index in [1.807, 2.05) is 0 Å². The maximum atomic E-state index is 10.8. The highest BCUT2D eigenvalue weighted by Crippen LogP contribution is 2.11. The van der Waals surface area contributed by atoms with Crippen LogP contribution in [0.15, 0.2) is 18.3 Å². The summed E-state index contributed by atoms with van der Waals surface area (Å²) in [6.45, 7) is 0. The summed E-state index contributed by atoms with van der Waals surface area (Å²) >= 11 is 0. The third-order valence-electron chi connectivity index (χ3n) is 1.25. The standard InChI is InChI=1S/C7H10N2O3S/c1-12-7-4-3-6(5-8-7)9-13(2,10)11/h3-5,9H,1-2H3. The first-order chi connectivity index (χ1) is 6.01. The number of ether oxygens (including phenoxy) is 1. The Labute approximate surface area is 76.8 Å². The summed E-state index contributed by atoms with van der Waals surface area (Å²) in [6.07, 6.45) is 2.47. The van der Waals surface area contributed by atoms with Crippen LogP contribution in [-0.2, 0) is 10.0 Å². The van der Waals surface area contributed by atoms with Gasteiger partial charge in [-0.2, -0.15) is 0 Å². The van der Waals surface area contributed by atoms with Gasteiger partial charge in [-0.25, -0.2) is 13.4 Å². The van der Waals surface area contributed by atoms with Crippen molar-refractivity contribution in [2.24, 2.45) is 0 Å². The topological polar surface area (TPSA) is 68.3 Å². The van der Waals surface area contributed by atoms with E-state index in [1.54, 1.807) is 12.1 Å². The Morgan fingerprint density at radius 3 is 2.54 bits per heavy atom. The SMILES string of the molecule is COc1ccc(NS(C)(=O)=O)cn1. The number of pyridine rings is 1. The van der Waals surface area contributed by atoms with Crippen LogP contribution >= 0.6 is 0 Å². The number of nitrogens with one attached hydrogen (secondary N) is 1. The van der Waals surface area contributed by atoms with Crippen molar-refractivity contribution < 1.29 is 13.2 Å². The summed E-state index contributed by atoms with van der Waals surface area (Å²) in [5.74, 6) is 0.444. The van der Waals surface area contributed by atoms with E-state index in [-0.39, 0.29) is 0 Å². The third kappa shape index (κ3) is 3.29. The summed E-state index contributed by atoms with van der Waals surface area (Å²) < 4.78 is 28.7. The molecule has 0 saturated carbocycles. The van der Waals surface area contributed by atoms with Gasteiger partial charge in [-0.05, 0) is 6.07 Å². The van der Waals surface area contributed by atoms with E-state index in [4.69, 9.17) is 4.74 Å². The van der Waals surface area contributed by atoms with Crippen LogP contribution in [0.5, 0.6) is 5.88 Å². The first-order valence-corrected chi connectivity index (χ1v) is 5.38. The Morgan fingerprint density at radius 2 is 2.15 bits per heavy atom. The third-order valence-corrected chi connectivity index (χ3v) is 1.86. The van der Waals surface area contributed by atoms with Crippen molar-refractivity contribution in [3.8, 4) is 5.88 Å². The predicted molar refractivity (Wildman–Crippen MR) is 49.3 cm³/mol. The number of methoxy groups -OCH3 is 1. The Kier molecular flexibility index (Phi) is 2.72. The van der Waals surface area contributed by atoms with Crippen molar-refractivity contribution in [3.63, 3.8) is 0 Å². The maximum Gasteiger partial charge on any atom is 0.229 e. The molecule has 0 aromatic carbocycles. The van der Waals surface area contributed by atoms with Crippen molar-refractivity contribution in [1.29, 1.82) is 0 Å². The zero-order valence-electron chi connectivity index (χ0n) is 7.31. The molecule has 0 aliphatic rings. The largest absolute Gasteiger partial charge is 0.481 e. The number of rotatable bonds is 3. The van der Waals surface area contributed by atoms with Crippen LogP contribution < -0.4 is 9.46 Å². The van der Waals surface area contributed by atoms with E-state index < -0.39 is 10.0 Å². The molecule has 0 bridgehead atoms. The second-order valence-electron chi connectivity index (χ2n) is 2.46. The minimum absolute atomic E-state index is 0.420. The maximum absolute atomic E-state index is 10.8. The predicted octanol–water partition coefficient (Wildman–Crippen LogP) is 0.462. The number of anilines is 1. The number of hydrogen-bond donors (Lipinski definition) is 1. The number of nitrogens with zero attached hydrogens (tertiary/aromatic N) is 1. The molecule has 1 aromatic heterocycles. The van der Waals surface area contributed by atoms with Gasteiger partial charge in [-0.1, -0.05) is 0 Å². The molecule has 0 atom stereocenters. The van der Waals surface area contributed by atoms with Crippen LogP contribution in [0.25, 0.3) is 0 Å². The highest BCUT2D eigenvalue weighted by molar-refractivity contribution is 7.92. The van der Waals surface area contributed by atoms with Gasteiger partial charge in [0.25, 0.3) is 0 Å². The van der Waals surface area contributed by atoms with E-state index in [0.29, 0.717) is 11.6 Å². The monoisotopic (exact) mass is 202 g/mol. The zero-order chi connectivity index (χ0) is 9.90. The molecular weight excluding hydrogens is 192 g/mol. The number of aromatic nitrogens is 1. The Balaban J connectivity index is 2.81. The van der Waals surface area contributed by atoms with Crippen LogP contribution in [0.3, 0.4) is 0 Å². The highest BCUT2D eigenvalue weighted by Gasteiger charge is 2.01. The summed E-state index contributed by atoms with van der Waals surface area (Å²) in [4.78, 5) is 3.83. The van der Waals surface area contributed by atoms with Crippen molar-refractivity contribution in [2.75, 3.05) is 18.1 Å². The molecule has 1 heterocycles. The van der Waals surface area contributed by atoms with Gasteiger partial charge in [0, 0.05) is 6.07 Å². The summed E-state index contributed by atoms with van der Waals surface area (Å²) in [5.41, 5.74) is 0.420. The molecule has 0 unspecified atom stereocenters. The zero-order valence-corrected chi connectivity index (χ0v) is 8.13. The summed E-state index contributed by atoms with van der Waals surface area (Å²) in [6, 6.07) is 3.15. The smallest absolute Gasteiger partial charge is 0.229 e. The molecule has 0 aliphatic heterocycles. The molecule has 13 heavy (non-hydrogen) atoms. The van der Waals surface area contributed by atoms with Gasteiger partial charge in [-0.3, -0.25) is 4.72 Å². The number of hydrogen-bond acceptors (Lipinski definition) is 4. The average Bonchev–Trinajstić information content (AvgIpc) is 2.03. The fourth-order valence-corrected chi connectivity index (χ4v) is 1.32. The second-order valence-corrected chi connectivity index (χ2v) is 4.21. The first kappa shape index (κ1) is 9.79. The van der Waals surface area contributed by atoms with Crippen LogP contribution in [0.4, 0.5) is 5.69 Å². The van der Waals surface area contributed by atoms with E-state index in [1.165, 1.54) is 13.3 Å². The minimum Gasteiger partial charge on any atom is -0.481 e. The van der Waals surface area contributed by atoms with Gasteiger partial charge in [0.2, 0.25) is 15.9 Å². The highest BCUT2D eigenvalue weighted by atomic mass is 32.2. The average molecular weight is 202 g/mol.